The summed E-state index contributed by atoms with van der Waals surface area (Å²) in [4.78, 5) is 0. The molecule has 1 unspecified atom stereocenters. The van der Waals surface area contributed by atoms with Crippen molar-refractivity contribution in [2.45, 2.75) is 31.3 Å². The maximum Gasteiger partial charge on any atom is 0.158 e. The van der Waals surface area contributed by atoms with Crippen LogP contribution in [0.15, 0.2) is 36.4 Å². The third-order valence-electron chi connectivity index (χ3n) is 5.69. The Morgan fingerprint density at radius 1 is 1.18 bits per heavy atom. The van der Waals surface area contributed by atoms with E-state index in [2.05, 4.69) is 15.5 Å². The van der Waals surface area contributed by atoms with Gasteiger partial charge < -0.3 is 10.1 Å². The van der Waals surface area contributed by atoms with Crippen LogP contribution in [0.4, 0.5) is 4.39 Å². The zero-order valence-electron chi connectivity index (χ0n) is 15.6. The molecule has 148 valence electrons. The molecule has 4 nitrogen and oxygen atoms in total. The lowest BCUT2D eigenvalue weighted by Gasteiger charge is -2.38. The summed E-state index contributed by atoms with van der Waals surface area (Å²) in [6.07, 6.45) is 1.67. The van der Waals surface area contributed by atoms with E-state index in [1.807, 2.05) is 25.1 Å². The lowest BCUT2D eigenvalue weighted by Crippen LogP contribution is -2.43. The number of rotatable bonds is 5. The number of hydrogen-bond acceptors (Lipinski definition) is 3. The van der Waals surface area contributed by atoms with Crippen LogP contribution in [0.2, 0.25) is 10.2 Å². The Bertz CT molecular complexity index is 968. The number of nitrogens with one attached hydrogen (secondary N) is 2. The number of benzene rings is 2. The zero-order valence-corrected chi connectivity index (χ0v) is 17.1. The molecular weight excluding hydrogens is 400 g/mol. The minimum atomic E-state index is -0.223. The van der Waals surface area contributed by atoms with E-state index in [0.717, 1.165) is 48.0 Å². The molecule has 2 N–H and O–H groups in total. The third kappa shape index (κ3) is 3.77. The predicted octanol–water partition coefficient (Wildman–Crippen LogP) is 5.41. The number of hydrogen-bond donors (Lipinski definition) is 2. The monoisotopic (exact) mass is 421 g/mol. The van der Waals surface area contributed by atoms with Gasteiger partial charge in [0.1, 0.15) is 5.82 Å². The first kappa shape index (κ1) is 19.6. The summed E-state index contributed by atoms with van der Waals surface area (Å²) in [5, 5.41) is 12.2. The minimum absolute atomic E-state index is 0.142. The number of aromatic amines is 1. The van der Waals surface area contributed by atoms with Crippen molar-refractivity contribution >= 4 is 34.1 Å². The quantitative estimate of drug-likeness (QED) is 0.578. The van der Waals surface area contributed by atoms with Gasteiger partial charge in [-0.05, 0) is 62.7 Å². The Morgan fingerprint density at radius 3 is 2.61 bits per heavy atom. The molecule has 28 heavy (non-hydrogen) atoms. The molecular formula is C21H22Cl2FN3O. The predicted molar refractivity (Wildman–Crippen MR) is 111 cm³/mol. The fraction of sp³-hybridized carbons (Fsp3) is 0.381. The van der Waals surface area contributed by atoms with Crippen LogP contribution in [0.3, 0.4) is 0 Å². The molecule has 1 aromatic heterocycles. The van der Waals surface area contributed by atoms with Gasteiger partial charge in [-0.25, -0.2) is 4.39 Å². The van der Waals surface area contributed by atoms with Gasteiger partial charge in [-0.3, -0.25) is 5.10 Å². The molecule has 0 spiro atoms. The van der Waals surface area contributed by atoms with Crippen molar-refractivity contribution in [3.63, 3.8) is 0 Å². The Morgan fingerprint density at radius 2 is 1.89 bits per heavy atom. The summed E-state index contributed by atoms with van der Waals surface area (Å²) < 4.78 is 19.8. The van der Waals surface area contributed by atoms with Crippen LogP contribution in [-0.4, -0.2) is 29.9 Å². The average molecular weight is 422 g/mol. The standard InChI is InChI=1S/C21H22Cl2FN3O/c1-13(17-10-15(22)11-18-19(17)26-27-20(18)23)28-12-21(6-8-25-9-7-21)14-2-4-16(24)5-3-14/h2-5,10-11,13,25H,6-9,12H2,1H3,(H,26,27). The molecule has 0 amide bonds. The van der Waals surface area contributed by atoms with Crippen LogP contribution in [0, 0.1) is 5.82 Å². The molecule has 0 radical (unpaired) electrons. The summed E-state index contributed by atoms with van der Waals surface area (Å²) in [5.41, 5.74) is 2.73. The summed E-state index contributed by atoms with van der Waals surface area (Å²) >= 11 is 12.4. The van der Waals surface area contributed by atoms with Crippen LogP contribution < -0.4 is 5.32 Å². The molecule has 0 bridgehead atoms. The Labute approximate surface area is 173 Å². The zero-order chi connectivity index (χ0) is 19.7. The van der Waals surface area contributed by atoms with E-state index in [0.29, 0.717) is 16.8 Å². The number of ether oxygens (including phenoxy) is 1. The van der Waals surface area contributed by atoms with E-state index in [-0.39, 0.29) is 17.3 Å². The second-order valence-electron chi connectivity index (χ2n) is 7.42. The first-order chi connectivity index (χ1) is 13.5. The van der Waals surface area contributed by atoms with Gasteiger partial charge in [0.25, 0.3) is 0 Å². The molecule has 1 saturated heterocycles. The van der Waals surface area contributed by atoms with E-state index < -0.39 is 0 Å². The smallest absolute Gasteiger partial charge is 0.158 e. The normalized spacial score (nSPS) is 17.7. The van der Waals surface area contributed by atoms with Gasteiger partial charge in [0.05, 0.1) is 18.2 Å². The van der Waals surface area contributed by atoms with E-state index in [1.54, 1.807) is 6.07 Å². The van der Waals surface area contributed by atoms with Gasteiger partial charge in [0, 0.05) is 21.4 Å². The maximum absolute atomic E-state index is 13.4. The van der Waals surface area contributed by atoms with Crippen molar-refractivity contribution in [2.24, 2.45) is 0 Å². The number of piperidine rings is 1. The molecule has 1 aliphatic rings. The highest BCUT2D eigenvalue weighted by Gasteiger charge is 2.35. The highest BCUT2D eigenvalue weighted by Crippen LogP contribution is 2.37. The van der Waals surface area contributed by atoms with Gasteiger partial charge in [0.15, 0.2) is 5.15 Å². The number of H-pyrrole nitrogens is 1. The SMILES string of the molecule is CC(OCC1(c2ccc(F)cc2)CCNCC1)c1cc(Cl)cc2c(Cl)n[nH]c12. The van der Waals surface area contributed by atoms with Gasteiger partial charge in [-0.2, -0.15) is 5.10 Å². The summed E-state index contributed by atoms with van der Waals surface area (Å²) in [5.74, 6) is -0.223. The van der Waals surface area contributed by atoms with E-state index in [9.17, 15) is 4.39 Å². The second-order valence-corrected chi connectivity index (χ2v) is 8.22. The van der Waals surface area contributed by atoms with E-state index >= 15 is 0 Å². The van der Waals surface area contributed by atoms with Crippen molar-refractivity contribution in [3.05, 3.63) is 63.5 Å². The molecule has 7 heteroatoms. The molecule has 2 aromatic carbocycles. The fourth-order valence-corrected chi connectivity index (χ4v) is 4.42. The fourth-order valence-electron chi connectivity index (χ4n) is 4.00. The van der Waals surface area contributed by atoms with Crippen LogP contribution in [0.1, 0.15) is 37.0 Å². The van der Waals surface area contributed by atoms with Crippen molar-refractivity contribution in [1.82, 2.24) is 15.5 Å². The molecule has 4 rings (SSSR count). The first-order valence-corrected chi connectivity index (χ1v) is 10.2. The molecule has 3 aromatic rings. The molecule has 0 aliphatic carbocycles. The molecule has 2 heterocycles. The van der Waals surface area contributed by atoms with Gasteiger partial charge in [-0.15, -0.1) is 0 Å². The lowest BCUT2D eigenvalue weighted by atomic mass is 9.74. The van der Waals surface area contributed by atoms with Gasteiger partial charge in [0.2, 0.25) is 0 Å². The summed E-state index contributed by atoms with van der Waals surface area (Å²) in [6.45, 7) is 4.36. The Kier molecular flexibility index (Phi) is 5.61. The van der Waals surface area contributed by atoms with Crippen molar-refractivity contribution in [1.29, 1.82) is 0 Å². The largest absolute Gasteiger partial charge is 0.373 e. The van der Waals surface area contributed by atoms with Gasteiger partial charge in [-0.1, -0.05) is 35.3 Å². The highest BCUT2D eigenvalue weighted by atomic mass is 35.5. The Balaban J connectivity index is 1.60. The minimum Gasteiger partial charge on any atom is -0.373 e. The average Bonchev–Trinajstić information content (AvgIpc) is 3.07. The molecule has 0 saturated carbocycles. The summed E-state index contributed by atoms with van der Waals surface area (Å²) in [6, 6.07) is 10.5. The van der Waals surface area contributed by atoms with Crippen LogP contribution in [0.25, 0.3) is 10.9 Å². The molecule has 1 fully saturated rings. The topological polar surface area (TPSA) is 49.9 Å². The van der Waals surface area contributed by atoms with Crippen molar-refractivity contribution in [2.75, 3.05) is 19.7 Å². The number of fused-ring (bicyclic) bond motifs is 1. The Hall–Kier alpha value is -1.66. The first-order valence-electron chi connectivity index (χ1n) is 9.40. The molecule has 1 atom stereocenters. The van der Waals surface area contributed by atoms with Crippen LogP contribution >= 0.6 is 23.2 Å². The van der Waals surface area contributed by atoms with E-state index in [1.165, 1.54) is 12.1 Å². The van der Waals surface area contributed by atoms with Gasteiger partial charge >= 0.3 is 0 Å². The maximum atomic E-state index is 13.4. The third-order valence-corrected chi connectivity index (χ3v) is 6.19. The lowest BCUT2D eigenvalue weighted by molar-refractivity contribution is 0.0172. The number of aromatic nitrogens is 2. The highest BCUT2D eigenvalue weighted by molar-refractivity contribution is 6.36. The van der Waals surface area contributed by atoms with E-state index in [4.69, 9.17) is 27.9 Å². The van der Waals surface area contributed by atoms with Crippen molar-refractivity contribution < 1.29 is 9.13 Å². The van der Waals surface area contributed by atoms with Crippen molar-refractivity contribution in [3.8, 4) is 0 Å². The summed E-state index contributed by atoms with van der Waals surface area (Å²) in [7, 11) is 0. The second kappa shape index (κ2) is 7.99. The number of halogens is 3. The molecule has 1 aliphatic heterocycles. The number of nitrogens with zero attached hydrogens (tertiary/aromatic N) is 1. The van der Waals surface area contributed by atoms with Crippen LogP contribution in [0.5, 0.6) is 0 Å². The van der Waals surface area contributed by atoms with Crippen LogP contribution in [-0.2, 0) is 10.2 Å².